The maximum absolute atomic E-state index is 5.04. The molecule has 0 aliphatic heterocycles. The van der Waals surface area contributed by atoms with Crippen LogP contribution in [0.15, 0.2) is 22.7 Å². The minimum Gasteiger partial charge on any atom is -0.467 e. The van der Waals surface area contributed by atoms with E-state index in [1.807, 2.05) is 25.1 Å². The van der Waals surface area contributed by atoms with Crippen molar-refractivity contribution >= 4 is 33.5 Å². The average Bonchev–Trinajstić information content (AvgIpc) is 2.42. The Labute approximate surface area is 119 Å². The zero-order valence-corrected chi connectivity index (χ0v) is 12.4. The van der Waals surface area contributed by atoms with Crippen molar-refractivity contribution in [2.24, 2.45) is 0 Å². The molecule has 100 valence electrons. The Balaban J connectivity index is 2.34. The van der Waals surface area contributed by atoms with Crippen LogP contribution in [0.25, 0.3) is 0 Å². The van der Waals surface area contributed by atoms with Crippen LogP contribution in [0.1, 0.15) is 5.56 Å². The number of benzene rings is 1. The van der Waals surface area contributed by atoms with Crippen molar-refractivity contribution in [3.05, 3.63) is 28.2 Å². The summed E-state index contributed by atoms with van der Waals surface area (Å²) in [4.78, 5) is 12.4. The first kappa shape index (κ1) is 13.5. The highest BCUT2D eigenvalue weighted by Crippen LogP contribution is 2.26. The smallest absolute Gasteiger partial charge is 0.322 e. The first-order valence-electron chi connectivity index (χ1n) is 5.63. The summed E-state index contributed by atoms with van der Waals surface area (Å²) >= 11 is 3.48. The zero-order valence-electron chi connectivity index (χ0n) is 10.9. The average molecular weight is 324 g/mol. The summed E-state index contributed by atoms with van der Waals surface area (Å²) in [7, 11) is 3.25. The molecular formula is C12H14BrN5O. The predicted molar refractivity (Wildman–Crippen MR) is 78.1 cm³/mol. The Hall–Kier alpha value is -1.89. The van der Waals surface area contributed by atoms with E-state index in [1.165, 1.54) is 7.11 Å². The van der Waals surface area contributed by atoms with E-state index in [-0.39, 0.29) is 6.01 Å². The van der Waals surface area contributed by atoms with E-state index in [0.29, 0.717) is 11.9 Å². The molecule has 0 fully saturated rings. The zero-order chi connectivity index (χ0) is 13.8. The number of anilines is 3. The van der Waals surface area contributed by atoms with Crippen molar-refractivity contribution in [1.82, 2.24) is 15.0 Å². The quantitative estimate of drug-likeness (QED) is 0.901. The van der Waals surface area contributed by atoms with E-state index in [4.69, 9.17) is 4.74 Å². The fourth-order valence-corrected chi connectivity index (χ4v) is 1.82. The van der Waals surface area contributed by atoms with Gasteiger partial charge >= 0.3 is 6.01 Å². The molecule has 0 unspecified atom stereocenters. The van der Waals surface area contributed by atoms with Crippen LogP contribution < -0.4 is 15.4 Å². The molecule has 19 heavy (non-hydrogen) atoms. The first-order chi connectivity index (χ1) is 9.12. The summed E-state index contributed by atoms with van der Waals surface area (Å²) in [6.45, 7) is 2.02. The summed E-state index contributed by atoms with van der Waals surface area (Å²) in [6, 6.07) is 6.24. The molecule has 0 spiro atoms. The van der Waals surface area contributed by atoms with Crippen molar-refractivity contribution in [2.75, 3.05) is 24.8 Å². The van der Waals surface area contributed by atoms with Gasteiger partial charge in [0, 0.05) is 11.5 Å². The van der Waals surface area contributed by atoms with Gasteiger partial charge in [0.2, 0.25) is 11.9 Å². The SMILES string of the molecule is CNc1nc(Nc2cc(C)ccc2Br)nc(OC)n1. The normalized spacial score (nSPS) is 10.1. The lowest BCUT2D eigenvalue weighted by atomic mass is 10.2. The molecule has 7 heteroatoms. The van der Waals surface area contributed by atoms with Crippen molar-refractivity contribution in [2.45, 2.75) is 6.92 Å². The highest BCUT2D eigenvalue weighted by atomic mass is 79.9. The molecule has 0 aliphatic carbocycles. The van der Waals surface area contributed by atoms with Gasteiger partial charge in [-0.15, -0.1) is 0 Å². The predicted octanol–water partition coefficient (Wildman–Crippen LogP) is 2.74. The van der Waals surface area contributed by atoms with Crippen LogP contribution in [0.4, 0.5) is 17.6 Å². The maximum atomic E-state index is 5.04. The van der Waals surface area contributed by atoms with Gasteiger partial charge in [0.1, 0.15) is 0 Å². The van der Waals surface area contributed by atoms with Crippen molar-refractivity contribution in [1.29, 1.82) is 0 Å². The summed E-state index contributed by atoms with van der Waals surface area (Å²) in [5.41, 5.74) is 2.02. The number of aromatic nitrogens is 3. The van der Waals surface area contributed by atoms with Gasteiger partial charge in [-0.25, -0.2) is 0 Å². The number of halogens is 1. The summed E-state index contributed by atoms with van der Waals surface area (Å²) in [5.74, 6) is 0.862. The molecule has 0 saturated carbocycles. The molecular weight excluding hydrogens is 310 g/mol. The fourth-order valence-electron chi connectivity index (χ4n) is 1.47. The third kappa shape index (κ3) is 3.31. The van der Waals surface area contributed by atoms with Crippen LogP contribution in [-0.2, 0) is 0 Å². The molecule has 0 radical (unpaired) electrons. The van der Waals surface area contributed by atoms with E-state index < -0.39 is 0 Å². The van der Waals surface area contributed by atoms with Crippen molar-refractivity contribution in [3.8, 4) is 6.01 Å². The Kier molecular flexibility index (Phi) is 4.16. The molecule has 2 N–H and O–H groups in total. The number of ether oxygens (including phenoxy) is 1. The Bertz CT molecular complexity index is 568. The number of aryl methyl sites for hydroxylation is 1. The molecule has 2 rings (SSSR count). The number of hydrogen-bond donors (Lipinski definition) is 2. The molecule has 1 heterocycles. The number of nitrogens with one attached hydrogen (secondary N) is 2. The first-order valence-corrected chi connectivity index (χ1v) is 6.42. The standard InChI is InChI=1S/C12H14BrN5O/c1-7-4-5-8(13)9(6-7)15-11-16-10(14-2)17-12(18-11)19-3/h4-6H,1-3H3,(H2,14,15,16,17,18). The van der Waals surface area contributed by atoms with Gasteiger partial charge in [0.05, 0.1) is 12.8 Å². The second-order valence-electron chi connectivity index (χ2n) is 3.83. The molecule has 0 bridgehead atoms. The van der Waals surface area contributed by atoms with E-state index in [0.717, 1.165) is 15.7 Å². The highest BCUT2D eigenvalue weighted by Gasteiger charge is 2.07. The van der Waals surface area contributed by atoms with Gasteiger partial charge in [0.25, 0.3) is 0 Å². The van der Waals surface area contributed by atoms with Gasteiger partial charge in [0.15, 0.2) is 0 Å². The van der Waals surface area contributed by atoms with E-state index >= 15 is 0 Å². The molecule has 0 saturated heterocycles. The van der Waals surface area contributed by atoms with Crippen LogP contribution in [0.2, 0.25) is 0 Å². The lowest BCUT2D eigenvalue weighted by Gasteiger charge is -2.09. The third-order valence-corrected chi connectivity index (χ3v) is 3.08. The third-order valence-electron chi connectivity index (χ3n) is 2.39. The minimum absolute atomic E-state index is 0.255. The van der Waals surface area contributed by atoms with Gasteiger partial charge in [-0.2, -0.15) is 15.0 Å². The van der Waals surface area contributed by atoms with Crippen LogP contribution in [-0.4, -0.2) is 29.1 Å². The monoisotopic (exact) mass is 323 g/mol. The van der Waals surface area contributed by atoms with Crippen LogP contribution in [0.5, 0.6) is 6.01 Å². The number of methoxy groups -OCH3 is 1. The fraction of sp³-hybridized carbons (Fsp3) is 0.250. The Morgan fingerprint density at radius 3 is 2.58 bits per heavy atom. The Morgan fingerprint density at radius 1 is 1.16 bits per heavy atom. The van der Waals surface area contributed by atoms with Crippen molar-refractivity contribution in [3.63, 3.8) is 0 Å². The molecule has 1 aromatic heterocycles. The van der Waals surface area contributed by atoms with Gasteiger partial charge in [-0.3, -0.25) is 0 Å². The van der Waals surface area contributed by atoms with E-state index in [2.05, 4.69) is 41.5 Å². The van der Waals surface area contributed by atoms with Crippen LogP contribution in [0.3, 0.4) is 0 Å². The molecule has 2 aromatic rings. The van der Waals surface area contributed by atoms with Gasteiger partial charge in [-0.05, 0) is 40.5 Å². The summed E-state index contributed by atoms with van der Waals surface area (Å²) < 4.78 is 5.97. The lowest BCUT2D eigenvalue weighted by molar-refractivity contribution is 0.379. The molecule has 0 atom stereocenters. The number of nitrogens with zero attached hydrogens (tertiary/aromatic N) is 3. The molecule has 1 aromatic carbocycles. The second kappa shape index (κ2) is 5.83. The van der Waals surface area contributed by atoms with E-state index in [1.54, 1.807) is 7.05 Å². The topological polar surface area (TPSA) is 72.0 Å². The van der Waals surface area contributed by atoms with Gasteiger partial charge in [-0.1, -0.05) is 6.07 Å². The molecule has 6 nitrogen and oxygen atoms in total. The maximum Gasteiger partial charge on any atom is 0.322 e. The minimum atomic E-state index is 0.255. The summed E-state index contributed by atoms with van der Waals surface area (Å²) in [5, 5.41) is 5.99. The van der Waals surface area contributed by atoms with Gasteiger partial charge < -0.3 is 15.4 Å². The number of rotatable bonds is 4. The van der Waals surface area contributed by atoms with Crippen molar-refractivity contribution < 1.29 is 4.74 Å². The highest BCUT2D eigenvalue weighted by molar-refractivity contribution is 9.10. The van der Waals surface area contributed by atoms with Crippen LogP contribution in [0, 0.1) is 6.92 Å². The molecule has 0 amide bonds. The van der Waals surface area contributed by atoms with Crippen LogP contribution >= 0.6 is 15.9 Å². The second-order valence-corrected chi connectivity index (χ2v) is 4.68. The Morgan fingerprint density at radius 2 is 1.89 bits per heavy atom. The largest absolute Gasteiger partial charge is 0.467 e. The molecule has 0 aliphatic rings. The van der Waals surface area contributed by atoms with E-state index in [9.17, 15) is 0 Å². The lowest BCUT2D eigenvalue weighted by Crippen LogP contribution is -2.05. The summed E-state index contributed by atoms with van der Waals surface area (Å²) in [6.07, 6.45) is 0. The number of hydrogen-bond acceptors (Lipinski definition) is 6.